The van der Waals surface area contributed by atoms with E-state index in [1.807, 2.05) is 19.9 Å². The first-order valence-electron chi connectivity index (χ1n) is 7.58. The third-order valence-corrected chi connectivity index (χ3v) is 4.26. The number of hydrogen-bond donors (Lipinski definition) is 2. The summed E-state index contributed by atoms with van der Waals surface area (Å²) in [5.74, 6) is 1.34. The van der Waals surface area contributed by atoms with E-state index >= 15 is 0 Å². The van der Waals surface area contributed by atoms with Crippen LogP contribution < -0.4 is 9.47 Å². The van der Waals surface area contributed by atoms with E-state index in [9.17, 15) is 10.1 Å². The van der Waals surface area contributed by atoms with E-state index in [2.05, 4.69) is 0 Å². The predicted octanol–water partition coefficient (Wildman–Crippen LogP) is 1.04. The van der Waals surface area contributed by atoms with Gasteiger partial charge in [-0.1, -0.05) is 6.07 Å². The lowest BCUT2D eigenvalue weighted by atomic mass is 9.79. The molecule has 1 unspecified atom stereocenters. The van der Waals surface area contributed by atoms with Crippen molar-refractivity contribution in [2.45, 2.75) is 38.5 Å². The van der Waals surface area contributed by atoms with Gasteiger partial charge in [0, 0.05) is 0 Å². The van der Waals surface area contributed by atoms with Crippen molar-refractivity contribution >= 4 is 7.05 Å². The first-order chi connectivity index (χ1) is 10.4. The van der Waals surface area contributed by atoms with Crippen LogP contribution in [0, 0.1) is 0 Å². The van der Waals surface area contributed by atoms with Crippen molar-refractivity contribution in [3.63, 3.8) is 0 Å². The highest BCUT2D eigenvalue weighted by atomic mass is 16.6. The normalized spacial score (nSPS) is 25.0. The second-order valence-electron chi connectivity index (χ2n) is 6.21. The number of hydrogen-bond acceptors (Lipinski definition) is 6. The van der Waals surface area contributed by atoms with Crippen LogP contribution in [-0.4, -0.2) is 53.6 Å². The third-order valence-electron chi connectivity index (χ3n) is 4.26. The molecule has 22 heavy (non-hydrogen) atoms. The molecule has 0 spiro atoms. The maximum absolute atomic E-state index is 10.7. The lowest BCUT2D eigenvalue weighted by Gasteiger charge is -2.36. The van der Waals surface area contributed by atoms with Gasteiger partial charge in [-0.15, -0.1) is 0 Å². The quantitative estimate of drug-likeness (QED) is 0.813. The molecule has 0 amide bonds. The summed E-state index contributed by atoms with van der Waals surface area (Å²) in [7, 11) is -0.714. The van der Waals surface area contributed by atoms with Gasteiger partial charge >= 0.3 is 7.05 Å². The minimum absolute atomic E-state index is 0.322. The number of ether oxygens (including phenoxy) is 3. The summed E-state index contributed by atoms with van der Waals surface area (Å²) in [5, 5.41) is 20.8. The van der Waals surface area contributed by atoms with Crippen molar-refractivity contribution in [1.82, 2.24) is 4.81 Å². The van der Waals surface area contributed by atoms with Crippen LogP contribution in [0.15, 0.2) is 18.2 Å². The van der Waals surface area contributed by atoms with Crippen LogP contribution >= 0.6 is 0 Å². The predicted molar refractivity (Wildman–Crippen MR) is 81.9 cm³/mol. The average Bonchev–Trinajstić information content (AvgIpc) is 2.81. The van der Waals surface area contributed by atoms with Crippen molar-refractivity contribution in [2.24, 2.45) is 0 Å². The zero-order valence-corrected chi connectivity index (χ0v) is 13.2. The molecule has 2 aliphatic rings. The van der Waals surface area contributed by atoms with Gasteiger partial charge in [-0.25, -0.2) is 0 Å². The summed E-state index contributed by atoms with van der Waals surface area (Å²) >= 11 is 0. The fourth-order valence-corrected chi connectivity index (χ4v) is 3.28. The molecule has 1 saturated heterocycles. The molecule has 0 bridgehead atoms. The molecule has 0 radical (unpaired) electrons. The molecule has 1 aromatic carbocycles. The monoisotopic (exact) mass is 307 g/mol. The highest BCUT2D eigenvalue weighted by Crippen LogP contribution is 2.38. The number of aliphatic hydroxyl groups is 1. The molecule has 3 rings (SSSR count). The Hall–Kier alpha value is -1.28. The second-order valence-corrected chi connectivity index (χ2v) is 6.21. The Morgan fingerprint density at radius 3 is 2.64 bits per heavy atom. The highest BCUT2D eigenvalue weighted by molar-refractivity contribution is 6.45. The van der Waals surface area contributed by atoms with Crippen molar-refractivity contribution in [3.05, 3.63) is 23.8 Å². The number of benzene rings is 1. The number of nitrogens with zero attached hydrogens (tertiary/aromatic N) is 1. The molecule has 6 nitrogen and oxygen atoms in total. The summed E-state index contributed by atoms with van der Waals surface area (Å²) in [6.45, 7) is 6.85. The number of fused-ring (bicyclic) bond motifs is 1. The topological polar surface area (TPSA) is 71.4 Å². The summed E-state index contributed by atoms with van der Waals surface area (Å²) in [4.78, 5) is 1.79. The van der Waals surface area contributed by atoms with Gasteiger partial charge in [0.05, 0.1) is 18.8 Å². The lowest BCUT2D eigenvalue weighted by Crippen LogP contribution is -2.53. The van der Waals surface area contributed by atoms with E-state index < -0.39 is 18.9 Å². The minimum Gasteiger partial charge on any atom is -0.486 e. The standard InChI is InChI=1S/C15H22BNO5/c1-15(2)17(16(3)19)11(9-22-15)14(18)10-4-5-12-13(8-10)21-7-6-20-12/h4-5,8,11,14,18-19H,6-7,9H2,1-3H3/t11?,14-/m1/s1. The molecular formula is C15H22BNO5. The van der Waals surface area contributed by atoms with E-state index in [0.29, 0.717) is 31.3 Å². The van der Waals surface area contributed by atoms with Crippen LogP contribution in [0.5, 0.6) is 11.5 Å². The van der Waals surface area contributed by atoms with E-state index in [4.69, 9.17) is 14.2 Å². The van der Waals surface area contributed by atoms with Crippen LogP contribution in [-0.2, 0) is 4.74 Å². The molecule has 0 aromatic heterocycles. The molecule has 2 N–H and O–H groups in total. The van der Waals surface area contributed by atoms with Crippen molar-refractivity contribution in [3.8, 4) is 11.5 Å². The van der Waals surface area contributed by atoms with Crippen molar-refractivity contribution < 1.29 is 24.3 Å². The van der Waals surface area contributed by atoms with Gasteiger partial charge in [-0.3, -0.25) is 4.81 Å². The molecule has 7 heteroatoms. The van der Waals surface area contributed by atoms with Gasteiger partial charge < -0.3 is 24.3 Å². The van der Waals surface area contributed by atoms with Crippen molar-refractivity contribution in [2.75, 3.05) is 19.8 Å². The van der Waals surface area contributed by atoms with Crippen molar-refractivity contribution in [1.29, 1.82) is 0 Å². The zero-order chi connectivity index (χ0) is 15.9. The zero-order valence-electron chi connectivity index (χ0n) is 13.2. The second kappa shape index (κ2) is 5.74. The first kappa shape index (κ1) is 15.6. The third kappa shape index (κ3) is 2.69. The molecular weight excluding hydrogens is 285 g/mol. The van der Waals surface area contributed by atoms with E-state index in [1.54, 1.807) is 23.8 Å². The van der Waals surface area contributed by atoms with Crippen LogP contribution in [0.1, 0.15) is 25.5 Å². The van der Waals surface area contributed by atoms with Crippen LogP contribution in [0.25, 0.3) is 0 Å². The first-order valence-corrected chi connectivity index (χ1v) is 7.58. The largest absolute Gasteiger partial charge is 0.486 e. The Bertz CT molecular complexity index is 551. The molecule has 120 valence electrons. The maximum atomic E-state index is 10.7. The number of aliphatic hydroxyl groups excluding tert-OH is 1. The summed E-state index contributed by atoms with van der Waals surface area (Å²) < 4.78 is 16.8. The average molecular weight is 307 g/mol. The van der Waals surface area contributed by atoms with Gasteiger partial charge in [-0.2, -0.15) is 0 Å². The smallest absolute Gasteiger partial charge is 0.379 e. The fraction of sp³-hybridized carbons (Fsp3) is 0.600. The Morgan fingerprint density at radius 2 is 1.95 bits per heavy atom. The van der Waals surface area contributed by atoms with Crippen LogP contribution in [0.3, 0.4) is 0 Å². The molecule has 0 aliphatic carbocycles. The minimum atomic E-state index is -0.785. The van der Waals surface area contributed by atoms with Crippen LogP contribution in [0.2, 0.25) is 6.82 Å². The van der Waals surface area contributed by atoms with E-state index in [-0.39, 0.29) is 6.04 Å². The summed E-state index contributed by atoms with van der Waals surface area (Å²) in [5.41, 5.74) is 0.106. The molecule has 0 saturated carbocycles. The van der Waals surface area contributed by atoms with Gasteiger partial charge in [0.25, 0.3) is 0 Å². The number of rotatable bonds is 3. The van der Waals surface area contributed by atoms with Gasteiger partial charge in [0.1, 0.15) is 18.9 Å². The molecule has 1 fully saturated rings. The Balaban J connectivity index is 1.85. The Labute approximate surface area is 130 Å². The fourth-order valence-electron chi connectivity index (χ4n) is 3.28. The molecule has 2 aliphatic heterocycles. The van der Waals surface area contributed by atoms with Gasteiger partial charge in [-0.05, 0) is 38.4 Å². The van der Waals surface area contributed by atoms with Gasteiger partial charge in [0.15, 0.2) is 11.5 Å². The highest BCUT2D eigenvalue weighted by Gasteiger charge is 2.47. The maximum Gasteiger partial charge on any atom is 0.379 e. The molecule has 1 aromatic rings. The lowest BCUT2D eigenvalue weighted by molar-refractivity contribution is -0.0259. The SMILES string of the molecule is CB(O)N1C([C@H](O)c2ccc3c(c2)OCCO3)COC1(C)C. The van der Waals surface area contributed by atoms with E-state index in [0.717, 1.165) is 5.56 Å². The van der Waals surface area contributed by atoms with Crippen LogP contribution in [0.4, 0.5) is 0 Å². The van der Waals surface area contributed by atoms with E-state index in [1.165, 1.54) is 0 Å². The molecule has 2 heterocycles. The molecule has 2 atom stereocenters. The summed E-state index contributed by atoms with van der Waals surface area (Å²) in [6, 6.07) is 5.10. The van der Waals surface area contributed by atoms with Gasteiger partial charge in [0.2, 0.25) is 0 Å². The Morgan fingerprint density at radius 1 is 1.27 bits per heavy atom. The summed E-state index contributed by atoms with van der Waals surface area (Å²) in [6.07, 6.45) is -0.785. The Kier molecular flexibility index (Phi) is 4.07.